The molecule has 3 heteroatoms. The summed E-state index contributed by atoms with van der Waals surface area (Å²) in [7, 11) is 0. The van der Waals surface area contributed by atoms with Gasteiger partial charge in [-0.05, 0) is 17.7 Å². The summed E-state index contributed by atoms with van der Waals surface area (Å²) in [5, 5.41) is 9.46. The Balaban J connectivity index is 3.10. The Labute approximate surface area is 77.7 Å². The van der Waals surface area contributed by atoms with E-state index in [-0.39, 0.29) is 11.8 Å². The predicted molar refractivity (Wildman–Crippen MR) is 53.1 cm³/mol. The van der Waals surface area contributed by atoms with Crippen molar-refractivity contribution >= 4 is 0 Å². The van der Waals surface area contributed by atoms with Gasteiger partial charge in [0.05, 0.1) is 6.04 Å². The molecule has 3 nitrogen and oxygen atoms in total. The molecule has 0 radical (unpaired) electrons. The molecule has 0 heterocycles. The average molecular weight is 178 g/mol. The van der Waals surface area contributed by atoms with E-state index in [1.54, 1.807) is 24.3 Å². The molecule has 0 saturated carbocycles. The molecular weight excluding hydrogens is 164 g/mol. The summed E-state index contributed by atoms with van der Waals surface area (Å²) >= 11 is 0. The first-order valence-corrected chi connectivity index (χ1v) is 4.09. The lowest BCUT2D eigenvalue weighted by Gasteiger charge is -2.10. The Morgan fingerprint density at radius 3 is 2.77 bits per heavy atom. The summed E-state index contributed by atoms with van der Waals surface area (Å²) < 4.78 is 0. The number of aromatic hydroxyl groups is 1. The molecule has 1 aromatic carbocycles. The third-order valence-corrected chi connectivity index (χ3v) is 1.94. The molecule has 0 aliphatic heterocycles. The van der Waals surface area contributed by atoms with Crippen molar-refractivity contribution in [3.05, 3.63) is 42.0 Å². The Morgan fingerprint density at radius 2 is 2.23 bits per heavy atom. The standard InChI is InChI=1S/C10H14N2O/c1-2-9(12)8-5-7(6-11)3-4-10(8)13/h2-5,9,13H,1,6,11-12H2/t9-/m1/s1. The maximum atomic E-state index is 9.46. The molecule has 0 saturated heterocycles. The summed E-state index contributed by atoms with van der Waals surface area (Å²) in [6.07, 6.45) is 1.58. The lowest BCUT2D eigenvalue weighted by Crippen LogP contribution is -2.08. The molecule has 0 bridgehead atoms. The zero-order valence-electron chi connectivity index (χ0n) is 7.40. The minimum atomic E-state index is -0.341. The van der Waals surface area contributed by atoms with E-state index >= 15 is 0 Å². The third-order valence-electron chi connectivity index (χ3n) is 1.94. The van der Waals surface area contributed by atoms with Crippen molar-refractivity contribution in [1.29, 1.82) is 0 Å². The van der Waals surface area contributed by atoms with Crippen molar-refractivity contribution < 1.29 is 5.11 Å². The molecule has 0 aliphatic carbocycles. The number of rotatable bonds is 3. The normalized spacial score (nSPS) is 12.5. The van der Waals surface area contributed by atoms with E-state index in [0.717, 1.165) is 5.56 Å². The van der Waals surface area contributed by atoms with Gasteiger partial charge in [-0.1, -0.05) is 12.1 Å². The highest BCUT2D eigenvalue weighted by molar-refractivity contribution is 5.39. The van der Waals surface area contributed by atoms with Gasteiger partial charge in [0.25, 0.3) is 0 Å². The fourth-order valence-corrected chi connectivity index (χ4v) is 1.12. The van der Waals surface area contributed by atoms with E-state index in [2.05, 4.69) is 6.58 Å². The maximum absolute atomic E-state index is 9.46. The summed E-state index contributed by atoms with van der Waals surface area (Å²) in [4.78, 5) is 0. The zero-order valence-corrected chi connectivity index (χ0v) is 7.40. The average Bonchev–Trinajstić information content (AvgIpc) is 2.17. The maximum Gasteiger partial charge on any atom is 0.120 e. The van der Waals surface area contributed by atoms with E-state index < -0.39 is 0 Å². The van der Waals surface area contributed by atoms with Gasteiger partial charge in [-0.2, -0.15) is 0 Å². The van der Waals surface area contributed by atoms with E-state index in [0.29, 0.717) is 12.1 Å². The molecule has 13 heavy (non-hydrogen) atoms. The van der Waals surface area contributed by atoms with E-state index in [4.69, 9.17) is 11.5 Å². The number of benzene rings is 1. The van der Waals surface area contributed by atoms with Crippen LogP contribution in [0.25, 0.3) is 0 Å². The molecule has 1 rings (SSSR count). The molecular formula is C10H14N2O. The van der Waals surface area contributed by atoms with Crippen LogP contribution in [0.2, 0.25) is 0 Å². The highest BCUT2D eigenvalue weighted by Gasteiger charge is 2.07. The van der Waals surface area contributed by atoms with E-state index in [1.807, 2.05) is 0 Å². The van der Waals surface area contributed by atoms with Crippen LogP contribution < -0.4 is 11.5 Å². The summed E-state index contributed by atoms with van der Waals surface area (Å²) in [5.41, 5.74) is 12.8. The number of nitrogens with two attached hydrogens (primary N) is 2. The lowest BCUT2D eigenvalue weighted by molar-refractivity contribution is 0.465. The number of phenols is 1. The van der Waals surface area contributed by atoms with Crippen LogP contribution in [-0.4, -0.2) is 5.11 Å². The quantitative estimate of drug-likeness (QED) is 0.605. The van der Waals surface area contributed by atoms with Crippen molar-refractivity contribution in [2.45, 2.75) is 12.6 Å². The number of hydrogen-bond acceptors (Lipinski definition) is 3. The van der Waals surface area contributed by atoms with Crippen LogP contribution in [0, 0.1) is 0 Å². The summed E-state index contributed by atoms with van der Waals surface area (Å²) in [6, 6.07) is 4.82. The van der Waals surface area contributed by atoms with Crippen LogP contribution in [0.5, 0.6) is 5.75 Å². The second-order valence-electron chi connectivity index (χ2n) is 2.86. The highest BCUT2D eigenvalue weighted by Crippen LogP contribution is 2.24. The van der Waals surface area contributed by atoms with Gasteiger partial charge in [0.1, 0.15) is 5.75 Å². The fourth-order valence-electron chi connectivity index (χ4n) is 1.12. The minimum Gasteiger partial charge on any atom is -0.508 e. The van der Waals surface area contributed by atoms with Gasteiger partial charge >= 0.3 is 0 Å². The molecule has 5 N–H and O–H groups in total. The first-order chi connectivity index (χ1) is 6.19. The molecule has 0 unspecified atom stereocenters. The molecule has 0 amide bonds. The Hall–Kier alpha value is -1.32. The molecule has 1 atom stereocenters. The Morgan fingerprint density at radius 1 is 1.54 bits per heavy atom. The monoisotopic (exact) mass is 178 g/mol. The second kappa shape index (κ2) is 4.07. The van der Waals surface area contributed by atoms with Gasteiger partial charge in [0.2, 0.25) is 0 Å². The largest absolute Gasteiger partial charge is 0.508 e. The van der Waals surface area contributed by atoms with E-state index in [1.165, 1.54) is 0 Å². The fraction of sp³-hybridized carbons (Fsp3) is 0.200. The van der Waals surface area contributed by atoms with Crippen LogP contribution in [0.15, 0.2) is 30.9 Å². The number of phenolic OH excluding ortho intramolecular Hbond substituents is 1. The van der Waals surface area contributed by atoms with Gasteiger partial charge in [-0.3, -0.25) is 0 Å². The molecule has 70 valence electrons. The first kappa shape index (κ1) is 9.77. The van der Waals surface area contributed by atoms with E-state index in [9.17, 15) is 5.11 Å². The van der Waals surface area contributed by atoms with Crippen LogP contribution in [0.1, 0.15) is 17.2 Å². The Bertz CT molecular complexity index is 310. The number of hydrogen-bond donors (Lipinski definition) is 3. The third kappa shape index (κ3) is 2.08. The lowest BCUT2D eigenvalue weighted by atomic mass is 10.0. The van der Waals surface area contributed by atoms with Gasteiger partial charge in [-0.25, -0.2) is 0 Å². The topological polar surface area (TPSA) is 72.3 Å². The predicted octanol–water partition coefficient (Wildman–Crippen LogP) is 1.04. The highest BCUT2D eigenvalue weighted by atomic mass is 16.3. The molecule has 1 aromatic rings. The van der Waals surface area contributed by atoms with Crippen molar-refractivity contribution in [2.24, 2.45) is 11.5 Å². The zero-order chi connectivity index (χ0) is 9.84. The van der Waals surface area contributed by atoms with Crippen LogP contribution >= 0.6 is 0 Å². The molecule has 0 aliphatic rings. The van der Waals surface area contributed by atoms with Crippen molar-refractivity contribution in [3.8, 4) is 5.75 Å². The molecule has 0 spiro atoms. The van der Waals surface area contributed by atoms with Gasteiger partial charge in [0, 0.05) is 12.1 Å². The van der Waals surface area contributed by atoms with Gasteiger partial charge in [0.15, 0.2) is 0 Å². The van der Waals surface area contributed by atoms with Gasteiger partial charge in [-0.15, -0.1) is 6.58 Å². The van der Waals surface area contributed by atoms with Crippen molar-refractivity contribution in [3.63, 3.8) is 0 Å². The van der Waals surface area contributed by atoms with Crippen molar-refractivity contribution in [1.82, 2.24) is 0 Å². The summed E-state index contributed by atoms with van der Waals surface area (Å²) in [5.74, 6) is 0.185. The van der Waals surface area contributed by atoms with Crippen LogP contribution in [-0.2, 0) is 6.54 Å². The van der Waals surface area contributed by atoms with Crippen LogP contribution in [0.4, 0.5) is 0 Å². The minimum absolute atomic E-state index is 0.185. The molecule has 0 fully saturated rings. The van der Waals surface area contributed by atoms with Crippen LogP contribution in [0.3, 0.4) is 0 Å². The smallest absolute Gasteiger partial charge is 0.120 e. The summed E-state index contributed by atoms with van der Waals surface area (Å²) in [6.45, 7) is 4.01. The Kier molecular flexibility index (Phi) is 3.06. The SMILES string of the molecule is C=C[C@@H](N)c1cc(CN)ccc1O. The van der Waals surface area contributed by atoms with Crippen molar-refractivity contribution in [2.75, 3.05) is 0 Å². The second-order valence-corrected chi connectivity index (χ2v) is 2.86. The first-order valence-electron chi connectivity index (χ1n) is 4.09. The molecule has 0 aromatic heterocycles. The van der Waals surface area contributed by atoms with Gasteiger partial charge < -0.3 is 16.6 Å².